The maximum Gasteiger partial charge on any atom is 0.250 e. The van der Waals surface area contributed by atoms with Crippen LogP contribution in [-0.4, -0.2) is 18.0 Å². The van der Waals surface area contributed by atoms with Crippen molar-refractivity contribution < 1.29 is 8.42 Å². The van der Waals surface area contributed by atoms with E-state index in [-0.39, 0.29) is 6.54 Å². The van der Waals surface area contributed by atoms with E-state index in [1.165, 1.54) is 29.9 Å². The van der Waals surface area contributed by atoms with Crippen molar-refractivity contribution >= 4 is 21.4 Å². The van der Waals surface area contributed by atoms with Gasteiger partial charge in [0.2, 0.25) is 10.0 Å². The Labute approximate surface area is 129 Å². The third-order valence-corrected chi connectivity index (χ3v) is 6.76. The van der Waals surface area contributed by atoms with Crippen LogP contribution in [0.5, 0.6) is 0 Å². The van der Waals surface area contributed by atoms with Crippen LogP contribution in [0.2, 0.25) is 0 Å². The molecule has 0 bridgehead atoms. The average Bonchev–Trinajstić information content (AvgIpc) is 3.02. The molecular weight excluding hydrogens is 306 g/mol. The Bertz CT molecular complexity index is 759. The van der Waals surface area contributed by atoms with Gasteiger partial charge in [-0.3, -0.25) is 0 Å². The lowest BCUT2D eigenvalue weighted by Crippen LogP contribution is -2.24. The molecule has 2 heterocycles. The molecule has 1 N–H and O–H groups in total. The van der Waals surface area contributed by atoms with Gasteiger partial charge < -0.3 is 4.57 Å². The first-order chi connectivity index (χ1) is 9.97. The van der Waals surface area contributed by atoms with Crippen molar-refractivity contribution in [1.82, 2.24) is 14.3 Å². The molecule has 0 radical (unpaired) electrons. The SMILES string of the molecule is Cc1ccc(S(=O)(=O)NCc2nc3c(n2C)CCCC3)s1. The van der Waals surface area contributed by atoms with Crippen LogP contribution in [0.15, 0.2) is 16.3 Å². The number of fused-ring (bicyclic) bond motifs is 1. The Morgan fingerprint density at radius 3 is 2.76 bits per heavy atom. The predicted molar refractivity (Wildman–Crippen MR) is 82.9 cm³/mol. The van der Waals surface area contributed by atoms with Crippen LogP contribution in [0.1, 0.15) is 34.9 Å². The van der Waals surface area contributed by atoms with Crippen molar-refractivity contribution in [3.8, 4) is 0 Å². The fourth-order valence-electron chi connectivity index (χ4n) is 2.69. The summed E-state index contributed by atoms with van der Waals surface area (Å²) in [6, 6.07) is 3.46. The van der Waals surface area contributed by atoms with Gasteiger partial charge in [-0.15, -0.1) is 11.3 Å². The highest BCUT2D eigenvalue weighted by Gasteiger charge is 2.20. The number of hydrogen-bond acceptors (Lipinski definition) is 4. The standard InChI is InChI=1S/C14H19N3O2S2/c1-10-7-8-14(20-10)21(18,19)15-9-13-16-11-5-3-4-6-12(11)17(13)2/h7-8,15H,3-6,9H2,1-2H3. The number of thiophene rings is 1. The highest BCUT2D eigenvalue weighted by Crippen LogP contribution is 2.23. The summed E-state index contributed by atoms with van der Waals surface area (Å²) in [5, 5.41) is 0. The van der Waals surface area contributed by atoms with Gasteiger partial charge in [0.1, 0.15) is 10.0 Å². The summed E-state index contributed by atoms with van der Waals surface area (Å²) < 4.78 is 29.5. The Hall–Kier alpha value is -1.18. The quantitative estimate of drug-likeness (QED) is 0.937. The molecular formula is C14H19N3O2S2. The van der Waals surface area contributed by atoms with Gasteiger partial charge in [0.25, 0.3) is 0 Å². The molecule has 5 nitrogen and oxygen atoms in total. The maximum atomic E-state index is 12.2. The van der Waals surface area contributed by atoms with E-state index in [1.54, 1.807) is 6.07 Å². The predicted octanol–water partition coefficient (Wildman–Crippen LogP) is 2.15. The lowest BCUT2D eigenvalue weighted by molar-refractivity contribution is 0.578. The molecule has 0 amide bonds. The van der Waals surface area contributed by atoms with Crippen molar-refractivity contribution in [2.75, 3.05) is 0 Å². The van der Waals surface area contributed by atoms with Crippen molar-refractivity contribution in [3.05, 3.63) is 34.2 Å². The molecule has 0 aromatic carbocycles. The number of rotatable bonds is 4. The Morgan fingerprint density at radius 2 is 2.10 bits per heavy atom. The molecule has 7 heteroatoms. The number of aryl methyl sites for hydroxylation is 2. The van der Waals surface area contributed by atoms with Gasteiger partial charge in [0.15, 0.2) is 0 Å². The monoisotopic (exact) mass is 325 g/mol. The van der Waals surface area contributed by atoms with Crippen LogP contribution in [0.3, 0.4) is 0 Å². The van der Waals surface area contributed by atoms with Crippen molar-refractivity contribution in [2.45, 2.75) is 43.4 Å². The minimum atomic E-state index is -3.44. The zero-order valence-corrected chi connectivity index (χ0v) is 13.9. The average molecular weight is 325 g/mol. The van der Waals surface area contributed by atoms with Crippen LogP contribution in [0, 0.1) is 6.92 Å². The Morgan fingerprint density at radius 1 is 1.33 bits per heavy atom. The molecule has 2 aromatic rings. The molecule has 21 heavy (non-hydrogen) atoms. The zero-order valence-electron chi connectivity index (χ0n) is 12.2. The summed E-state index contributed by atoms with van der Waals surface area (Å²) in [5.41, 5.74) is 2.38. The van der Waals surface area contributed by atoms with Gasteiger partial charge in [-0.1, -0.05) is 0 Å². The molecule has 114 valence electrons. The molecule has 0 aliphatic heterocycles. The third kappa shape index (κ3) is 2.90. The Balaban J connectivity index is 1.77. The first kappa shape index (κ1) is 14.7. The van der Waals surface area contributed by atoms with Gasteiger partial charge in [-0.25, -0.2) is 18.1 Å². The summed E-state index contributed by atoms with van der Waals surface area (Å²) in [5.74, 6) is 0.791. The number of hydrogen-bond donors (Lipinski definition) is 1. The van der Waals surface area contributed by atoms with E-state index in [4.69, 9.17) is 0 Å². The van der Waals surface area contributed by atoms with E-state index in [9.17, 15) is 8.42 Å². The normalized spacial score (nSPS) is 15.1. The highest BCUT2D eigenvalue weighted by molar-refractivity contribution is 7.91. The third-order valence-electron chi connectivity index (χ3n) is 3.87. The number of sulfonamides is 1. The second-order valence-electron chi connectivity index (χ2n) is 5.38. The van der Waals surface area contributed by atoms with E-state index < -0.39 is 10.0 Å². The number of nitrogens with zero attached hydrogens (tertiary/aromatic N) is 2. The first-order valence-electron chi connectivity index (χ1n) is 7.07. The van der Waals surface area contributed by atoms with Crippen LogP contribution in [0.4, 0.5) is 0 Å². The smallest absolute Gasteiger partial charge is 0.250 e. The molecule has 1 aliphatic carbocycles. The van der Waals surface area contributed by atoms with E-state index in [2.05, 4.69) is 9.71 Å². The minimum Gasteiger partial charge on any atom is -0.334 e. The number of nitrogens with one attached hydrogen (secondary N) is 1. The largest absolute Gasteiger partial charge is 0.334 e. The van der Waals surface area contributed by atoms with E-state index in [1.807, 2.05) is 24.6 Å². The minimum absolute atomic E-state index is 0.239. The van der Waals surface area contributed by atoms with Crippen molar-refractivity contribution in [3.63, 3.8) is 0 Å². The zero-order chi connectivity index (χ0) is 15.0. The van der Waals surface area contributed by atoms with E-state index in [0.717, 1.165) is 29.2 Å². The second-order valence-corrected chi connectivity index (χ2v) is 8.66. The van der Waals surface area contributed by atoms with Crippen LogP contribution < -0.4 is 4.72 Å². The molecule has 0 spiro atoms. The van der Waals surface area contributed by atoms with E-state index in [0.29, 0.717) is 4.21 Å². The molecule has 2 aromatic heterocycles. The van der Waals surface area contributed by atoms with Crippen LogP contribution in [-0.2, 0) is 36.5 Å². The summed E-state index contributed by atoms with van der Waals surface area (Å²) in [7, 11) is -1.47. The van der Waals surface area contributed by atoms with Crippen LogP contribution >= 0.6 is 11.3 Å². The topological polar surface area (TPSA) is 64.0 Å². The van der Waals surface area contributed by atoms with Crippen molar-refractivity contribution in [1.29, 1.82) is 0 Å². The second kappa shape index (κ2) is 5.55. The molecule has 0 atom stereocenters. The fourth-order valence-corrected chi connectivity index (χ4v) is 5.00. The summed E-state index contributed by atoms with van der Waals surface area (Å²) in [6.07, 6.45) is 4.39. The number of imidazole rings is 1. The van der Waals surface area contributed by atoms with Gasteiger partial charge in [-0.05, 0) is 44.7 Å². The highest BCUT2D eigenvalue weighted by atomic mass is 32.2. The van der Waals surface area contributed by atoms with Gasteiger partial charge in [0.05, 0.1) is 12.2 Å². The number of aromatic nitrogens is 2. The van der Waals surface area contributed by atoms with Crippen molar-refractivity contribution in [2.24, 2.45) is 7.05 Å². The van der Waals surface area contributed by atoms with Gasteiger partial charge in [0, 0.05) is 17.6 Å². The fraction of sp³-hybridized carbons (Fsp3) is 0.500. The maximum absolute atomic E-state index is 12.2. The molecule has 1 aliphatic rings. The molecule has 0 fully saturated rings. The van der Waals surface area contributed by atoms with E-state index >= 15 is 0 Å². The molecule has 0 unspecified atom stereocenters. The summed E-state index contributed by atoms with van der Waals surface area (Å²) in [4.78, 5) is 5.58. The van der Waals surface area contributed by atoms with Crippen LogP contribution in [0.25, 0.3) is 0 Å². The lowest BCUT2D eigenvalue weighted by Gasteiger charge is -2.11. The summed E-state index contributed by atoms with van der Waals surface area (Å²) >= 11 is 1.28. The molecule has 0 saturated heterocycles. The summed E-state index contributed by atoms with van der Waals surface area (Å²) in [6.45, 7) is 2.14. The molecule has 3 rings (SSSR count). The first-order valence-corrected chi connectivity index (χ1v) is 9.37. The Kier molecular flexibility index (Phi) is 3.90. The lowest BCUT2D eigenvalue weighted by atomic mass is 10.0. The van der Waals surface area contributed by atoms with Gasteiger partial charge in [-0.2, -0.15) is 0 Å². The van der Waals surface area contributed by atoms with Gasteiger partial charge >= 0.3 is 0 Å². The molecule has 0 saturated carbocycles.